The summed E-state index contributed by atoms with van der Waals surface area (Å²) >= 11 is 1.33. The van der Waals surface area contributed by atoms with Gasteiger partial charge in [0, 0.05) is 41.9 Å². The molecule has 34 heavy (non-hydrogen) atoms. The standard InChI is InChI=1S/C26H24N4O3S/c1-33-23-9-5-8-21(16-23)29-24(31)18-34-26-27-14-15-30(26)22-12-10-20(11-13-22)25(32)28-17-19-6-3-2-4-7-19/h2-16H,17-18H2,1H3,(H,28,32)(H,29,31). The molecule has 0 aliphatic heterocycles. The number of carbonyl (C=O) groups excluding carboxylic acids is 2. The van der Waals surface area contributed by atoms with Gasteiger partial charge in [-0.15, -0.1) is 0 Å². The van der Waals surface area contributed by atoms with Crippen molar-refractivity contribution in [3.63, 3.8) is 0 Å². The van der Waals surface area contributed by atoms with Gasteiger partial charge >= 0.3 is 0 Å². The Morgan fingerprint density at radius 3 is 2.56 bits per heavy atom. The number of rotatable bonds is 9. The number of imidazole rings is 1. The summed E-state index contributed by atoms with van der Waals surface area (Å²) in [5, 5.41) is 6.47. The van der Waals surface area contributed by atoms with Crippen molar-refractivity contribution in [2.24, 2.45) is 0 Å². The molecular weight excluding hydrogens is 448 g/mol. The molecule has 172 valence electrons. The van der Waals surface area contributed by atoms with Gasteiger partial charge in [-0.25, -0.2) is 4.98 Å². The quantitative estimate of drug-likeness (QED) is 0.349. The van der Waals surface area contributed by atoms with Gasteiger partial charge in [0.15, 0.2) is 5.16 Å². The Labute approximate surface area is 202 Å². The highest BCUT2D eigenvalue weighted by molar-refractivity contribution is 7.99. The van der Waals surface area contributed by atoms with E-state index in [1.807, 2.05) is 71.4 Å². The van der Waals surface area contributed by atoms with E-state index in [0.29, 0.717) is 28.7 Å². The van der Waals surface area contributed by atoms with Gasteiger partial charge in [0.05, 0.1) is 12.9 Å². The van der Waals surface area contributed by atoms with Gasteiger partial charge in [0.1, 0.15) is 5.75 Å². The van der Waals surface area contributed by atoms with Crippen LogP contribution in [0.2, 0.25) is 0 Å². The van der Waals surface area contributed by atoms with Crippen LogP contribution in [0.3, 0.4) is 0 Å². The summed E-state index contributed by atoms with van der Waals surface area (Å²) in [5.74, 6) is 0.607. The molecule has 8 heteroatoms. The van der Waals surface area contributed by atoms with Gasteiger partial charge < -0.3 is 15.4 Å². The topological polar surface area (TPSA) is 85.2 Å². The Kier molecular flexibility index (Phi) is 7.62. The number of aromatic nitrogens is 2. The van der Waals surface area contributed by atoms with Crippen LogP contribution < -0.4 is 15.4 Å². The van der Waals surface area contributed by atoms with E-state index in [-0.39, 0.29) is 17.6 Å². The Balaban J connectivity index is 1.34. The number of benzene rings is 3. The zero-order chi connectivity index (χ0) is 23.8. The minimum atomic E-state index is -0.141. The van der Waals surface area contributed by atoms with E-state index in [1.54, 1.807) is 31.5 Å². The average Bonchev–Trinajstić information content (AvgIpc) is 3.35. The second-order valence-electron chi connectivity index (χ2n) is 7.36. The van der Waals surface area contributed by atoms with Crippen molar-refractivity contribution in [3.05, 3.63) is 102 Å². The Bertz CT molecular complexity index is 1260. The molecule has 0 atom stereocenters. The van der Waals surface area contributed by atoms with Crippen LogP contribution in [0.5, 0.6) is 5.75 Å². The van der Waals surface area contributed by atoms with E-state index in [0.717, 1.165) is 11.3 Å². The SMILES string of the molecule is COc1cccc(NC(=O)CSc2nccn2-c2ccc(C(=O)NCc3ccccc3)cc2)c1. The highest BCUT2D eigenvalue weighted by Crippen LogP contribution is 2.22. The molecular formula is C26H24N4O3S. The van der Waals surface area contributed by atoms with E-state index >= 15 is 0 Å². The number of ether oxygens (including phenoxy) is 1. The lowest BCUT2D eigenvalue weighted by molar-refractivity contribution is -0.113. The molecule has 4 aromatic rings. The van der Waals surface area contributed by atoms with E-state index in [9.17, 15) is 9.59 Å². The summed E-state index contributed by atoms with van der Waals surface area (Å²) in [7, 11) is 1.58. The average molecular weight is 473 g/mol. The van der Waals surface area contributed by atoms with Crippen molar-refractivity contribution >= 4 is 29.3 Å². The number of thioether (sulfide) groups is 1. The molecule has 0 saturated heterocycles. The largest absolute Gasteiger partial charge is 0.497 e. The van der Waals surface area contributed by atoms with Crippen molar-refractivity contribution in [2.75, 3.05) is 18.2 Å². The molecule has 0 spiro atoms. The first-order chi connectivity index (χ1) is 16.6. The normalized spacial score (nSPS) is 10.5. The van der Waals surface area contributed by atoms with Crippen LogP contribution in [-0.4, -0.2) is 34.2 Å². The number of anilines is 1. The molecule has 2 amide bonds. The molecule has 2 N–H and O–H groups in total. The first-order valence-electron chi connectivity index (χ1n) is 10.6. The summed E-state index contributed by atoms with van der Waals surface area (Å²) in [6, 6.07) is 24.3. The maximum absolute atomic E-state index is 12.5. The Morgan fingerprint density at radius 2 is 1.79 bits per heavy atom. The second kappa shape index (κ2) is 11.2. The van der Waals surface area contributed by atoms with Crippen LogP contribution in [-0.2, 0) is 11.3 Å². The summed E-state index contributed by atoms with van der Waals surface area (Å²) in [4.78, 5) is 29.2. The maximum atomic E-state index is 12.5. The smallest absolute Gasteiger partial charge is 0.251 e. The number of methoxy groups -OCH3 is 1. The molecule has 0 aliphatic rings. The van der Waals surface area contributed by atoms with Crippen molar-refractivity contribution in [1.29, 1.82) is 0 Å². The van der Waals surface area contributed by atoms with Crippen molar-refractivity contribution in [2.45, 2.75) is 11.7 Å². The molecule has 0 fully saturated rings. The third kappa shape index (κ3) is 6.05. The molecule has 0 saturated carbocycles. The van der Waals surface area contributed by atoms with E-state index in [1.165, 1.54) is 11.8 Å². The lowest BCUT2D eigenvalue weighted by Gasteiger charge is -2.10. The summed E-state index contributed by atoms with van der Waals surface area (Å²) < 4.78 is 7.07. The van der Waals surface area contributed by atoms with Crippen LogP contribution in [0.25, 0.3) is 5.69 Å². The molecule has 0 unspecified atom stereocenters. The van der Waals surface area contributed by atoms with Gasteiger partial charge in [0.2, 0.25) is 5.91 Å². The van der Waals surface area contributed by atoms with Gasteiger partial charge in [-0.05, 0) is 42.0 Å². The Hall–Kier alpha value is -4.04. The van der Waals surface area contributed by atoms with Crippen molar-refractivity contribution in [3.8, 4) is 11.4 Å². The lowest BCUT2D eigenvalue weighted by atomic mass is 10.1. The molecule has 0 aliphatic carbocycles. The van der Waals surface area contributed by atoms with Crippen molar-refractivity contribution in [1.82, 2.24) is 14.9 Å². The van der Waals surface area contributed by atoms with Crippen LogP contribution in [0.4, 0.5) is 5.69 Å². The summed E-state index contributed by atoms with van der Waals surface area (Å²) in [6.45, 7) is 0.474. The lowest BCUT2D eigenvalue weighted by Crippen LogP contribution is -2.22. The van der Waals surface area contributed by atoms with Crippen LogP contribution in [0, 0.1) is 0 Å². The first-order valence-corrected chi connectivity index (χ1v) is 11.6. The number of nitrogens with one attached hydrogen (secondary N) is 2. The van der Waals surface area contributed by atoms with Crippen LogP contribution in [0.1, 0.15) is 15.9 Å². The number of hydrogen-bond donors (Lipinski definition) is 2. The molecule has 1 heterocycles. The number of hydrogen-bond acceptors (Lipinski definition) is 5. The van der Waals surface area contributed by atoms with Gasteiger partial charge in [0.25, 0.3) is 5.91 Å². The zero-order valence-corrected chi connectivity index (χ0v) is 19.4. The highest BCUT2D eigenvalue weighted by Gasteiger charge is 2.11. The fourth-order valence-electron chi connectivity index (χ4n) is 3.27. The van der Waals surface area contributed by atoms with E-state index in [4.69, 9.17) is 4.74 Å². The molecule has 0 bridgehead atoms. The number of carbonyl (C=O) groups is 2. The van der Waals surface area contributed by atoms with E-state index in [2.05, 4.69) is 15.6 Å². The third-order valence-electron chi connectivity index (χ3n) is 5.00. The molecule has 7 nitrogen and oxygen atoms in total. The molecule has 1 aromatic heterocycles. The fourth-order valence-corrected chi connectivity index (χ4v) is 4.05. The summed E-state index contributed by atoms with van der Waals surface area (Å²) in [6.07, 6.45) is 3.51. The predicted molar refractivity (Wildman–Crippen MR) is 134 cm³/mol. The first kappa shape index (κ1) is 23.1. The maximum Gasteiger partial charge on any atom is 0.251 e. The van der Waals surface area contributed by atoms with Gasteiger partial charge in [-0.2, -0.15) is 0 Å². The fraction of sp³-hybridized carbons (Fsp3) is 0.115. The predicted octanol–water partition coefficient (Wildman–Crippen LogP) is 4.54. The van der Waals surface area contributed by atoms with Crippen molar-refractivity contribution < 1.29 is 14.3 Å². The third-order valence-corrected chi connectivity index (χ3v) is 5.96. The van der Waals surface area contributed by atoms with Crippen LogP contribution in [0.15, 0.2) is 96.4 Å². The molecule has 4 rings (SSSR count). The minimum absolute atomic E-state index is 0.134. The monoisotopic (exact) mass is 472 g/mol. The number of nitrogens with zero attached hydrogens (tertiary/aromatic N) is 2. The van der Waals surface area contributed by atoms with Gasteiger partial charge in [-0.1, -0.05) is 48.2 Å². The molecule has 0 radical (unpaired) electrons. The van der Waals surface area contributed by atoms with Crippen LogP contribution >= 0.6 is 11.8 Å². The Morgan fingerprint density at radius 1 is 1.00 bits per heavy atom. The van der Waals surface area contributed by atoms with E-state index < -0.39 is 0 Å². The second-order valence-corrected chi connectivity index (χ2v) is 8.31. The molecule has 3 aromatic carbocycles. The van der Waals surface area contributed by atoms with Gasteiger partial charge in [-0.3, -0.25) is 14.2 Å². The number of amides is 2. The zero-order valence-electron chi connectivity index (χ0n) is 18.6. The highest BCUT2D eigenvalue weighted by atomic mass is 32.2. The minimum Gasteiger partial charge on any atom is -0.497 e. The summed E-state index contributed by atoms with van der Waals surface area (Å²) in [5.41, 5.74) is 3.15.